The maximum atomic E-state index is 13.8. The number of carbonyl (C=O) groups excluding carboxylic acids is 6. The fraction of sp³-hybridized carbons (Fsp3) is 0.690. The van der Waals surface area contributed by atoms with Crippen molar-refractivity contribution >= 4 is 112 Å². The van der Waals surface area contributed by atoms with Gasteiger partial charge in [-0.05, 0) is 102 Å². The number of carbonyl (C=O) groups is 6. The van der Waals surface area contributed by atoms with Gasteiger partial charge in [-0.3, -0.25) is 24.0 Å². The zero-order chi connectivity index (χ0) is 66.4. The zero-order valence-electron chi connectivity index (χ0n) is 51.7. The lowest BCUT2D eigenvalue weighted by molar-refractivity contribution is -0.149. The molecule has 0 unspecified atom stereocenters. The molecule has 2 aromatic carbocycles. The highest BCUT2D eigenvalue weighted by atomic mass is 35.5. The second-order valence-corrected chi connectivity index (χ2v) is 31.9. The summed E-state index contributed by atoms with van der Waals surface area (Å²) >= 11 is 23.8. The van der Waals surface area contributed by atoms with Crippen LogP contribution in [0.4, 0.5) is 9.18 Å². The van der Waals surface area contributed by atoms with Crippen molar-refractivity contribution in [2.75, 3.05) is 156 Å². The quantitative estimate of drug-likeness (QED) is 0.143. The summed E-state index contributed by atoms with van der Waals surface area (Å²) in [5.74, 6) is -1.94. The molecule has 91 heavy (non-hydrogen) atoms. The second-order valence-electron chi connectivity index (χ2n) is 23.7. The van der Waals surface area contributed by atoms with Crippen molar-refractivity contribution in [2.45, 2.75) is 83.8 Å². The van der Waals surface area contributed by atoms with Gasteiger partial charge in [-0.2, -0.15) is 0 Å². The average Bonchev–Trinajstić information content (AvgIpc) is 1.82. The predicted molar refractivity (Wildman–Crippen MR) is 342 cm³/mol. The molecule has 33 heteroatoms. The fourth-order valence-electron chi connectivity index (χ4n) is 11.9. The third-order valence-electron chi connectivity index (χ3n) is 17.7. The van der Waals surface area contributed by atoms with Crippen molar-refractivity contribution in [2.24, 2.45) is 16.2 Å². The van der Waals surface area contributed by atoms with E-state index in [4.69, 9.17) is 60.6 Å². The topological polar surface area (TPSA) is 300 Å². The number of ether oxygens (including phenoxy) is 3. The van der Waals surface area contributed by atoms with Gasteiger partial charge in [0, 0.05) is 110 Å². The number of hydrogen-bond donors (Lipinski definition) is 4. The first kappa shape index (κ1) is 74.2. The van der Waals surface area contributed by atoms with Crippen molar-refractivity contribution in [3.05, 3.63) is 67.4 Å². The number of nitrogens with one attached hydrogen (secondary N) is 4. The highest BCUT2D eigenvalue weighted by Gasteiger charge is 2.50. The molecule has 1 saturated carbocycles. The molecule has 25 nitrogen and oxygen atoms in total. The Labute approximate surface area is 553 Å². The van der Waals surface area contributed by atoms with Crippen LogP contribution in [0.3, 0.4) is 0 Å². The minimum Gasteiger partial charge on any atom is -0.378 e. The van der Waals surface area contributed by atoms with Gasteiger partial charge >= 0.3 is 6.03 Å². The number of amides is 7. The Kier molecular flexibility index (Phi) is 26.8. The average molecular weight is 1420 g/mol. The number of nitrogens with zero attached hydrogens (tertiary/aromatic N) is 6. The Morgan fingerprint density at radius 2 is 0.901 bits per heavy atom. The standard InChI is InChI=1S/C21H27Cl2N3O5S.C20H26Cl2FN3O5S.C17H32N4O5S/c22-15-1-4-17(18(23)13-15)19(27)24-14-21(20(28)25-9-11-31-12-10-25)5-7-26(8-6-21)32(29,30)16-2-3-16;1-2-32(29,30)26-5-3-20(4-6-26,19(28)25-7-9-31-10-8-25)13-24-18(27)14-11-17(23)16(22)12-15(14)21;1-3-13-27(24,25)21-7-5-17(6-8-21,14-19-16(23)18-4-2)15(22)20-9-11-26-12-10-20/h1,4,13,16H,2-3,5-12,14H2,(H,24,27);11-12H,2-10,13H2,1H3,(H,24,27);3-14H2,1-2H3,(H2,18,19,23). The molecule has 6 saturated heterocycles. The highest BCUT2D eigenvalue weighted by Crippen LogP contribution is 2.40. The van der Waals surface area contributed by atoms with Crippen LogP contribution in [0.15, 0.2) is 30.3 Å². The van der Waals surface area contributed by atoms with Crippen molar-refractivity contribution in [1.82, 2.24) is 48.9 Å². The lowest BCUT2D eigenvalue weighted by Gasteiger charge is -2.43. The lowest BCUT2D eigenvalue weighted by Crippen LogP contribution is -2.58. The Hall–Kier alpha value is -4.24. The van der Waals surface area contributed by atoms with E-state index in [0.29, 0.717) is 149 Å². The number of urea groups is 1. The number of benzene rings is 2. The minimum atomic E-state index is -3.38. The van der Waals surface area contributed by atoms with Gasteiger partial charge in [-0.1, -0.05) is 53.3 Å². The molecule has 0 radical (unpaired) electrons. The van der Waals surface area contributed by atoms with Gasteiger partial charge in [-0.15, -0.1) is 0 Å². The molecular weight excluding hydrogens is 1330 g/mol. The van der Waals surface area contributed by atoms with Crippen LogP contribution >= 0.6 is 46.4 Å². The fourth-order valence-corrected chi connectivity index (χ4v) is 17.4. The summed E-state index contributed by atoms with van der Waals surface area (Å²) in [7, 11) is -9.97. The van der Waals surface area contributed by atoms with E-state index in [1.165, 1.54) is 19.0 Å². The number of halogens is 5. The lowest BCUT2D eigenvalue weighted by atomic mass is 9.77. The number of morpholine rings is 3. The molecule has 0 aromatic heterocycles. The molecule has 2 aromatic rings. The molecule has 7 aliphatic rings. The van der Waals surface area contributed by atoms with E-state index >= 15 is 0 Å². The Balaban J connectivity index is 0.000000195. The molecular formula is C58H85Cl4FN10O15S3. The highest BCUT2D eigenvalue weighted by molar-refractivity contribution is 7.90. The smallest absolute Gasteiger partial charge is 0.314 e. The van der Waals surface area contributed by atoms with Crippen molar-refractivity contribution in [3.8, 4) is 0 Å². The van der Waals surface area contributed by atoms with Crippen molar-refractivity contribution in [3.63, 3.8) is 0 Å². The summed E-state index contributed by atoms with van der Waals surface area (Å²) < 4.78 is 109. The summed E-state index contributed by atoms with van der Waals surface area (Å²) in [6.45, 7) is 13.2. The van der Waals surface area contributed by atoms with E-state index in [1.807, 2.05) is 13.8 Å². The third kappa shape index (κ3) is 19.0. The Morgan fingerprint density at radius 3 is 1.30 bits per heavy atom. The molecule has 7 fully saturated rings. The predicted octanol–water partition coefficient (Wildman–Crippen LogP) is 4.30. The summed E-state index contributed by atoms with van der Waals surface area (Å²) in [4.78, 5) is 82.9. The third-order valence-corrected chi connectivity index (χ3v) is 25.2. The van der Waals surface area contributed by atoms with E-state index in [1.54, 1.807) is 33.8 Å². The summed E-state index contributed by atoms with van der Waals surface area (Å²) in [6.07, 6.45) is 3.99. The molecule has 6 heterocycles. The van der Waals surface area contributed by atoms with E-state index in [-0.39, 0.29) is 125 Å². The van der Waals surface area contributed by atoms with Gasteiger partial charge in [0.25, 0.3) is 11.8 Å². The maximum Gasteiger partial charge on any atom is 0.314 e. The molecule has 0 spiro atoms. The number of sulfonamides is 3. The normalized spacial score (nSPS) is 20.8. The summed E-state index contributed by atoms with van der Waals surface area (Å²) in [5, 5.41) is 11.2. The molecule has 510 valence electrons. The van der Waals surface area contributed by atoms with Gasteiger partial charge in [0.2, 0.25) is 47.8 Å². The first-order valence-corrected chi connectivity index (χ1v) is 37.1. The van der Waals surface area contributed by atoms with Crippen LogP contribution in [0.1, 0.15) is 99.3 Å². The summed E-state index contributed by atoms with van der Waals surface area (Å²) in [6, 6.07) is 6.41. The largest absolute Gasteiger partial charge is 0.378 e. The molecule has 4 N–H and O–H groups in total. The maximum absolute atomic E-state index is 13.8. The molecule has 6 aliphatic heterocycles. The SMILES string of the molecule is CCCS(=O)(=O)N1CCC(CNC(=O)NCC)(C(=O)N2CCOCC2)CC1.CCS(=O)(=O)N1CCC(CNC(=O)c2cc(F)c(Cl)cc2Cl)(C(=O)N2CCOCC2)CC1.O=C(NCC1(C(=O)N2CCOCC2)CCN(S(=O)(=O)C2CC2)CC1)c1ccc(Cl)cc1Cl. The Morgan fingerprint density at radius 1 is 0.505 bits per heavy atom. The van der Waals surface area contributed by atoms with E-state index in [2.05, 4.69) is 21.3 Å². The summed E-state index contributed by atoms with van der Waals surface area (Å²) in [5.41, 5.74) is -2.45. The zero-order valence-corrected chi connectivity index (χ0v) is 57.2. The van der Waals surface area contributed by atoms with Crippen LogP contribution in [-0.4, -0.2) is 250 Å². The van der Waals surface area contributed by atoms with Crippen LogP contribution in [0.5, 0.6) is 0 Å². The van der Waals surface area contributed by atoms with E-state index < -0.39 is 63.9 Å². The van der Waals surface area contributed by atoms with Gasteiger partial charge in [-0.25, -0.2) is 47.4 Å². The second kappa shape index (κ2) is 32.9. The van der Waals surface area contributed by atoms with Crippen LogP contribution in [-0.2, 0) is 58.7 Å². The van der Waals surface area contributed by atoms with E-state index in [0.717, 1.165) is 12.1 Å². The van der Waals surface area contributed by atoms with Crippen LogP contribution in [0.25, 0.3) is 0 Å². The molecule has 0 atom stereocenters. The van der Waals surface area contributed by atoms with Crippen LogP contribution in [0.2, 0.25) is 20.1 Å². The first-order chi connectivity index (χ1) is 43.2. The van der Waals surface area contributed by atoms with Gasteiger partial charge in [0.05, 0.1) is 98.8 Å². The van der Waals surface area contributed by atoms with Gasteiger partial charge in [0.1, 0.15) is 5.82 Å². The first-order valence-electron chi connectivity index (χ1n) is 30.9. The Bertz CT molecular complexity index is 3240. The number of hydrogen-bond acceptors (Lipinski definition) is 15. The molecule has 0 bridgehead atoms. The molecule has 1 aliphatic carbocycles. The van der Waals surface area contributed by atoms with Crippen LogP contribution in [0, 0.1) is 22.1 Å². The monoisotopic (exact) mass is 1420 g/mol. The number of rotatable bonds is 19. The van der Waals surface area contributed by atoms with E-state index in [9.17, 15) is 58.4 Å². The van der Waals surface area contributed by atoms with Crippen LogP contribution < -0.4 is 21.3 Å². The van der Waals surface area contributed by atoms with Gasteiger partial charge in [0.15, 0.2) is 0 Å². The van der Waals surface area contributed by atoms with Gasteiger partial charge < -0.3 is 50.2 Å². The molecule has 7 amide bonds. The molecule has 9 rings (SSSR count). The minimum absolute atomic E-state index is 0.00804. The number of piperidine rings is 3. The van der Waals surface area contributed by atoms with Crippen molar-refractivity contribution in [1.29, 1.82) is 0 Å². The van der Waals surface area contributed by atoms with Crippen molar-refractivity contribution < 1.29 is 72.6 Å².